The van der Waals surface area contributed by atoms with Gasteiger partial charge in [0.15, 0.2) is 0 Å². The summed E-state index contributed by atoms with van der Waals surface area (Å²) in [5.41, 5.74) is 0.583. The van der Waals surface area contributed by atoms with Gasteiger partial charge in [0.1, 0.15) is 11.4 Å². The number of methoxy groups -OCH3 is 1. The average molecular weight is 354 g/mol. The van der Waals surface area contributed by atoms with Crippen molar-refractivity contribution in [2.75, 3.05) is 12.0 Å². The van der Waals surface area contributed by atoms with Crippen molar-refractivity contribution in [1.82, 2.24) is 0 Å². The lowest BCUT2D eigenvalue weighted by Crippen LogP contribution is -2.46. The number of amides is 1. The van der Waals surface area contributed by atoms with Crippen LogP contribution in [0.3, 0.4) is 0 Å². The first-order valence-corrected chi connectivity index (χ1v) is 8.58. The number of ether oxygens (including phenoxy) is 2. The van der Waals surface area contributed by atoms with Crippen molar-refractivity contribution in [3.8, 4) is 5.75 Å². The van der Waals surface area contributed by atoms with Gasteiger partial charge in [-0.1, -0.05) is 23.8 Å². The first kappa shape index (κ1) is 16.8. The van der Waals surface area contributed by atoms with Crippen LogP contribution in [0.25, 0.3) is 0 Å². The van der Waals surface area contributed by atoms with Crippen LogP contribution in [-0.2, 0) is 14.3 Å². The Morgan fingerprint density at radius 2 is 2.23 bits per heavy atom. The van der Waals surface area contributed by atoms with E-state index < -0.39 is 29.5 Å². The SMILES string of the molecule is C=C(C)C[C@@H]1N(c2cccc(OC)c2)C(=O)[C@@H]2[C@@H](C(=O)[O-])[C@H]3C=C[C@]21O3. The van der Waals surface area contributed by atoms with Crippen LogP contribution in [0.4, 0.5) is 5.69 Å². The molecule has 1 aromatic rings. The minimum Gasteiger partial charge on any atom is -0.550 e. The van der Waals surface area contributed by atoms with E-state index in [1.165, 1.54) is 0 Å². The molecule has 0 aliphatic carbocycles. The molecule has 6 nitrogen and oxygen atoms in total. The highest BCUT2D eigenvalue weighted by Gasteiger charge is 2.69. The molecule has 0 N–H and O–H groups in total. The van der Waals surface area contributed by atoms with E-state index in [4.69, 9.17) is 9.47 Å². The van der Waals surface area contributed by atoms with Crippen LogP contribution in [0.2, 0.25) is 0 Å². The van der Waals surface area contributed by atoms with Crippen molar-refractivity contribution in [2.24, 2.45) is 11.8 Å². The number of benzene rings is 1. The second-order valence-corrected chi connectivity index (χ2v) is 7.20. The van der Waals surface area contributed by atoms with Crippen LogP contribution >= 0.6 is 0 Å². The lowest BCUT2D eigenvalue weighted by Gasteiger charge is -2.33. The summed E-state index contributed by atoms with van der Waals surface area (Å²) in [6.45, 7) is 5.87. The Bertz CT molecular complexity index is 831. The van der Waals surface area contributed by atoms with E-state index in [0.29, 0.717) is 17.9 Å². The second kappa shape index (κ2) is 5.71. The number of nitrogens with zero attached hydrogens (tertiary/aromatic N) is 1. The van der Waals surface area contributed by atoms with Gasteiger partial charge in [-0.25, -0.2) is 0 Å². The van der Waals surface area contributed by atoms with Crippen molar-refractivity contribution in [3.63, 3.8) is 0 Å². The molecule has 3 aliphatic rings. The van der Waals surface area contributed by atoms with Gasteiger partial charge in [-0.2, -0.15) is 0 Å². The minimum atomic E-state index is -1.25. The topological polar surface area (TPSA) is 78.9 Å². The molecule has 26 heavy (non-hydrogen) atoms. The van der Waals surface area contributed by atoms with Crippen LogP contribution in [-0.4, -0.2) is 36.7 Å². The molecule has 3 aliphatic heterocycles. The standard InChI is InChI=1S/C20H21NO5/c1-11(2)9-15-20-8-7-14(26-20)16(19(23)24)17(20)18(22)21(15)12-5-4-6-13(10-12)25-3/h4-8,10,14-17H,1,9H2,2-3H3,(H,23,24)/p-1/t14-,15+,16+,17+,20-/m1/s1. The summed E-state index contributed by atoms with van der Waals surface area (Å²) in [5.74, 6) is -2.66. The summed E-state index contributed by atoms with van der Waals surface area (Å²) in [5, 5.41) is 11.7. The van der Waals surface area contributed by atoms with Crippen LogP contribution < -0.4 is 14.7 Å². The highest BCUT2D eigenvalue weighted by atomic mass is 16.5. The van der Waals surface area contributed by atoms with E-state index in [-0.39, 0.29) is 11.9 Å². The molecule has 0 saturated carbocycles. The van der Waals surface area contributed by atoms with Gasteiger partial charge in [-0.05, 0) is 25.5 Å². The van der Waals surface area contributed by atoms with Crippen molar-refractivity contribution >= 4 is 17.6 Å². The van der Waals surface area contributed by atoms with E-state index in [2.05, 4.69) is 6.58 Å². The fourth-order valence-electron chi connectivity index (χ4n) is 4.57. The van der Waals surface area contributed by atoms with Crippen molar-refractivity contribution in [1.29, 1.82) is 0 Å². The zero-order valence-electron chi connectivity index (χ0n) is 14.7. The molecule has 6 heteroatoms. The molecule has 0 aromatic heterocycles. The quantitative estimate of drug-likeness (QED) is 0.739. The number of hydrogen-bond donors (Lipinski definition) is 0. The lowest BCUT2D eigenvalue weighted by atomic mass is 9.74. The fourth-order valence-corrected chi connectivity index (χ4v) is 4.57. The molecule has 0 unspecified atom stereocenters. The Morgan fingerprint density at radius 1 is 1.46 bits per heavy atom. The van der Waals surface area contributed by atoms with E-state index >= 15 is 0 Å². The normalized spacial score (nSPS) is 34.2. The summed E-state index contributed by atoms with van der Waals surface area (Å²) in [7, 11) is 1.56. The Kier molecular flexibility index (Phi) is 3.70. The van der Waals surface area contributed by atoms with Crippen molar-refractivity contribution in [3.05, 3.63) is 48.6 Å². The lowest BCUT2D eigenvalue weighted by molar-refractivity contribution is -0.313. The maximum atomic E-state index is 13.3. The van der Waals surface area contributed by atoms with E-state index in [1.807, 2.05) is 19.1 Å². The second-order valence-electron chi connectivity index (χ2n) is 7.20. The van der Waals surface area contributed by atoms with Crippen LogP contribution in [0.15, 0.2) is 48.6 Å². The van der Waals surface area contributed by atoms with E-state index in [9.17, 15) is 14.7 Å². The Morgan fingerprint density at radius 3 is 2.88 bits per heavy atom. The summed E-state index contributed by atoms with van der Waals surface area (Å²) >= 11 is 0. The highest BCUT2D eigenvalue weighted by molar-refractivity contribution is 6.03. The largest absolute Gasteiger partial charge is 0.550 e. The third-order valence-electron chi connectivity index (χ3n) is 5.57. The first-order valence-electron chi connectivity index (χ1n) is 8.58. The predicted molar refractivity (Wildman–Crippen MR) is 92.4 cm³/mol. The summed E-state index contributed by atoms with van der Waals surface area (Å²) in [4.78, 5) is 26.7. The number of rotatable bonds is 5. The maximum Gasteiger partial charge on any atom is 0.234 e. The van der Waals surface area contributed by atoms with E-state index in [0.717, 1.165) is 5.57 Å². The van der Waals surface area contributed by atoms with Crippen LogP contribution in [0.1, 0.15) is 13.3 Å². The van der Waals surface area contributed by atoms with E-state index in [1.54, 1.807) is 36.3 Å². The number of aliphatic carboxylic acids is 1. The van der Waals surface area contributed by atoms with Gasteiger partial charge in [0.2, 0.25) is 5.91 Å². The van der Waals surface area contributed by atoms with Gasteiger partial charge in [-0.3, -0.25) is 4.79 Å². The van der Waals surface area contributed by atoms with Gasteiger partial charge in [0, 0.05) is 23.6 Å². The van der Waals surface area contributed by atoms with Gasteiger partial charge in [-0.15, -0.1) is 6.58 Å². The first-order chi connectivity index (χ1) is 12.4. The molecule has 2 fully saturated rings. The molecule has 1 amide bonds. The number of carbonyl (C=O) groups is 2. The molecule has 2 saturated heterocycles. The summed E-state index contributed by atoms with van der Waals surface area (Å²) in [6, 6.07) is 6.81. The maximum absolute atomic E-state index is 13.3. The third kappa shape index (κ3) is 2.15. The molecular weight excluding hydrogens is 334 g/mol. The number of carboxylic acid groups (broad SMARTS) is 1. The van der Waals surface area contributed by atoms with Crippen molar-refractivity contribution in [2.45, 2.75) is 31.1 Å². The number of anilines is 1. The molecule has 0 radical (unpaired) electrons. The fraction of sp³-hybridized carbons (Fsp3) is 0.400. The number of hydrogen-bond acceptors (Lipinski definition) is 5. The molecule has 1 aromatic carbocycles. The van der Waals surface area contributed by atoms with Crippen LogP contribution in [0.5, 0.6) is 5.75 Å². The number of carboxylic acids is 1. The molecular formula is C20H20NO5-. The summed E-state index contributed by atoms with van der Waals surface area (Å²) in [6.07, 6.45) is 3.49. The molecule has 2 bridgehead atoms. The van der Waals surface area contributed by atoms with Gasteiger partial charge in [0.25, 0.3) is 0 Å². The molecule has 3 heterocycles. The number of fused-ring (bicyclic) bond motifs is 1. The van der Waals surface area contributed by atoms with Gasteiger partial charge >= 0.3 is 0 Å². The Labute approximate surface area is 151 Å². The smallest absolute Gasteiger partial charge is 0.234 e. The molecule has 5 atom stereocenters. The zero-order valence-corrected chi connectivity index (χ0v) is 14.7. The highest BCUT2D eigenvalue weighted by Crippen LogP contribution is 2.56. The predicted octanol–water partition coefficient (Wildman–Crippen LogP) is 1.07. The Balaban J connectivity index is 1.84. The monoisotopic (exact) mass is 354 g/mol. The number of carbonyl (C=O) groups excluding carboxylic acids is 2. The molecule has 4 rings (SSSR count). The Hall–Kier alpha value is -2.60. The third-order valence-corrected chi connectivity index (χ3v) is 5.57. The zero-order chi connectivity index (χ0) is 18.6. The van der Waals surface area contributed by atoms with Gasteiger partial charge in [0.05, 0.1) is 25.2 Å². The summed E-state index contributed by atoms with van der Waals surface area (Å²) < 4.78 is 11.4. The average Bonchev–Trinajstić information content (AvgIpc) is 3.24. The minimum absolute atomic E-state index is 0.259. The van der Waals surface area contributed by atoms with Crippen LogP contribution in [0, 0.1) is 11.8 Å². The molecule has 136 valence electrons. The van der Waals surface area contributed by atoms with Crippen molar-refractivity contribution < 1.29 is 24.2 Å². The molecule has 1 spiro atoms. The van der Waals surface area contributed by atoms with Gasteiger partial charge < -0.3 is 24.3 Å².